The van der Waals surface area contributed by atoms with Crippen LogP contribution in [-0.4, -0.2) is 17.0 Å². The fourth-order valence-electron chi connectivity index (χ4n) is 3.16. The van der Waals surface area contributed by atoms with Gasteiger partial charge in [0, 0.05) is 17.0 Å². The lowest BCUT2D eigenvalue weighted by Gasteiger charge is -2.24. The fourth-order valence-corrected chi connectivity index (χ4v) is 3.41. The molecule has 0 aromatic rings. The van der Waals surface area contributed by atoms with Crippen molar-refractivity contribution in [2.24, 2.45) is 16.9 Å². The molecule has 0 saturated heterocycles. The van der Waals surface area contributed by atoms with Crippen LogP contribution in [0.3, 0.4) is 0 Å². The maximum absolute atomic E-state index is 12.0. The zero-order chi connectivity index (χ0) is 13.7. The second-order valence-electron chi connectivity index (χ2n) is 6.01. The molecule has 2 fully saturated rings. The third-order valence-corrected chi connectivity index (χ3v) is 5.00. The Balaban J connectivity index is 1.78. The van der Waals surface area contributed by atoms with Crippen LogP contribution in [0.1, 0.15) is 64.7 Å². The monoisotopic (exact) mass is 284 g/mol. The Morgan fingerprint density at radius 1 is 1.00 bits per heavy atom. The highest BCUT2D eigenvalue weighted by Crippen LogP contribution is 2.28. The highest BCUT2D eigenvalue weighted by Gasteiger charge is 2.25. The molecule has 2 saturated carbocycles. The Morgan fingerprint density at radius 3 is 2.26 bits per heavy atom. The number of nitrogens with zero attached hydrogens (tertiary/aromatic N) is 1. The molecule has 0 atom stereocenters. The normalized spacial score (nSPS) is 30.1. The number of halogens is 1. The van der Waals surface area contributed by atoms with Gasteiger partial charge in [-0.1, -0.05) is 19.3 Å². The molecule has 2 rings (SSSR count). The standard InChI is InChI=1S/C15H25ClN2O/c1-11(12-5-3-2-4-6-12)17-18-15(19)13-7-9-14(16)10-8-13/h12-14H,2-10H2,1H3,(H,18,19)/b17-11+. The zero-order valence-corrected chi connectivity index (χ0v) is 12.6. The van der Waals surface area contributed by atoms with Crippen molar-refractivity contribution in [3.05, 3.63) is 0 Å². The smallest absolute Gasteiger partial charge is 0.243 e. The van der Waals surface area contributed by atoms with Gasteiger partial charge in [0.2, 0.25) is 5.91 Å². The van der Waals surface area contributed by atoms with E-state index in [9.17, 15) is 4.79 Å². The summed E-state index contributed by atoms with van der Waals surface area (Å²) in [6.45, 7) is 2.05. The topological polar surface area (TPSA) is 41.5 Å². The number of alkyl halides is 1. The Morgan fingerprint density at radius 2 is 1.63 bits per heavy atom. The average Bonchev–Trinajstić information content (AvgIpc) is 2.46. The molecule has 2 aliphatic rings. The highest BCUT2D eigenvalue weighted by molar-refractivity contribution is 6.20. The number of carbonyl (C=O) groups excluding carboxylic acids is 1. The van der Waals surface area contributed by atoms with Gasteiger partial charge in [-0.2, -0.15) is 5.10 Å². The molecule has 108 valence electrons. The summed E-state index contributed by atoms with van der Waals surface area (Å²) in [6, 6.07) is 0. The van der Waals surface area contributed by atoms with E-state index in [1.54, 1.807) is 0 Å². The molecule has 19 heavy (non-hydrogen) atoms. The Labute approximate surface area is 121 Å². The Hall–Kier alpha value is -0.570. The van der Waals surface area contributed by atoms with Crippen molar-refractivity contribution in [1.82, 2.24) is 5.43 Å². The van der Waals surface area contributed by atoms with Crippen LogP contribution in [0.5, 0.6) is 0 Å². The first-order valence-corrected chi connectivity index (χ1v) is 8.08. The molecule has 0 bridgehead atoms. The second-order valence-corrected chi connectivity index (χ2v) is 6.63. The van der Waals surface area contributed by atoms with Gasteiger partial charge >= 0.3 is 0 Å². The van der Waals surface area contributed by atoms with E-state index in [2.05, 4.69) is 10.5 Å². The van der Waals surface area contributed by atoms with E-state index in [0.29, 0.717) is 5.92 Å². The maximum Gasteiger partial charge on any atom is 0.243 e. The predicted octanol–water partition coefficient (Wildman–Crippen LogP) is 3.86. The van der Waals surface area contributed by atoms with E-state index >= 15 is 0 Å². The van der Waals surface area contributed by atoms with Gasteiger partial charge in [0.1, 0.15) is 0 Å². The summed E-state index contributed by atoms with van der Waals surface area (Å²) in [6.07, 6.45) is 10.1. The number of hydrogen-bond donors (Lipinski definition) is 1. The summed E-state index contributed by atoms with van der Waals surface area (Å²) in [5.74, 6) is 0.768. The largest absolute Gasteiger partial charge is 0.273 e. The molecule has 0 aliphatic heterocycles. The zero-order valence-electron chi connectivity index (χ0n) is 11.8. The van der Waals surface area contributed by atoms with Gasteiger partial charge in [0.25, 0.3) is 0 Å². The van der Waals surface area contributed by atoms with Gasteiger partial charge in [-0.15, -0.1) is 11.6 Å². The summed E-state index contributed by atoms with van der Waals surface area (Å²) >= 11 is 6.06. The van der Waals surface area contributed by atoms with Crippen LogP contribution in [0.15, 0.2) is 5.10 Å². The van der Waals surface area contributed by atoms with Crippen molar-refractivity contribution >= 4 is 23.2 Å². The Kier molecular flexibility index (Phi) is 5.68. The molecule has 4 heteroatoms. The van der Waals surface area contributed by atoms with Gasteiger partial charge in [-0.25, -0.2) is 5.43 Å². The minimum absolute atomic E-state index is 0.0822. The van der Waals surface area contributed by atoms with Gasteiger partial charge in [-0.3, -0.25) is 4.79 Å². The second kappa shape index (κ2) is 7.28. The first-order valence-electron chi connectivity index (χ1n) is 7.65. The number of hydrogen-bond acceptors (Lipinski definition) is 2. The number of hydrazone groups is 1. The van der Waals surface area contributed by atoms with Gasteiger partial charge in [0.15, 0.2) is 0 Å². The maximum atomic E-state index is 12.0. The van der Waals surface area contributed by atoms with E-state index < -0.39 is 0 Å². The average molecular weight is 285 g/mol. The van der Waals surface area contributed by atoms with Crippen molar-refractivity contribution in [2.45, 2.75) is 70.1 Å². The van der Waals surface area contributed by atoms with Crippen LogP contribution in [0.2, 0.25) is 0 Å². The van der Waals surface area contributed by atoms with Crippen LogP contribution >= 0.6 is 11.6 Å². The third kappa shape index (κ3) is 4.48. The molecule has 3 nitrogen and oxygen atoms in total. The van der Waals surface area contributed by atoms with E-state index in [0.717, 1.165) is 31.4 Å². The van der Waals surface area contributed by atoms with E-state index in [4.69, 9.17) is 11.6 Å². The number of amides is 1. The molecular weight excluding hydrogens is 260 g/mol. The van der Waals surface area contributed by atoms with Crippen LogP contribution in [-0.2, 0) is 4.79 Å². The summed E-state index contributed by atoms with van der Waals surface area (Å²) < 4.78 is 0. The number of carbonyl (C=O) groups is 1. The molecule has 0 aromatic carbocycles. The minimum atomic E-state index is 0.0822. The first-order chi connectivity index (χ1) is 9.16. The van der Waals surface area contributed by atoms with E-state index in [1.807, 2.05) is 6.92 Å². The lowest BCUT2D eigenvalue weighted by Crippen LogP contribution is -2.31. The summed E-state index contributed by atoms with van der Waals surface area (Å²) in [5.41, 5.74) is 3.87. The van der Waals surface area contributed by atoms with Crippen LogP contribution in [0.25, 0.3) is 0 Å². The van der Waals surface area contributed by atoms with Gasteiger partial charge < -0.3 is 0 Å². The highest BCUT2D eigenvalue weighted by atomic mass is 35.5. The van der Waals surface area contributed by atoms with Crippen molar-refractivity contribution in [3.63, 3.8) is 0 Å². The van der Waals surface area contributed by atoms with Crippen molar-refractivity contribution in [1.29, 1.82) is 0 Å². The molecule has 0 unspecified atom stereocenters. The quantitative estimate of drug-likeness (QED) is 0.477. The number of nitrogens with one attached hydrogen (secondary N) is 1. The van der Waals surface area contributed by atoms with Crippen LogP contribution in [0, 0.1) is 11.8 Å². The Bertz CT molecular complexity index is 329. The molecule has 0 spiro atoms. The lowest BCUT2D eigenvalue weighted by atomic mass is 9.86. The van der Waals surface area contributed by atoms with Gasteiger partial charge in [-0.05, 0) is 51.4 Å². The van der Waals surface area contributed by atoms with Crippen molar-refractivity contribution in [2.75, 3.05) is 0 Å². The molecule has 0 aromatic heterocycles. The van der Waals surface area contributed by atoms with Crippen molar-refractivity contribution < 1.29 is 4.79 Å². The molecule has 1 N–H and O–H groups in total. The lowest BCUT2D eigenvalue weighted by molar-refractivity contribution is -0.125. The molecular formula is C15H25ClN2O. The first kappa shape index (κ1) is 14.8. The van der Waals surface area contributed by atoms with Crippen LogP contribution < -0.4 is 5.43 Å². The summed E-state index contributed by atoms with van der Waals surface area (Å²) in [7, 11) is 0. The third-order valence-electron chi connectivity index (χ3n) is 4.57. The molecule has 1 amide bonds. The summed E-state index contributed by atoms with van der Waals surface area (Å²) in [4.78, 5) is 12.0. The summed E-state index contributed by atoms with van der Waals surface area (Å²) in [5, 5.41) is 4.59. The fraction of sp³-hybridized carbons (Fsp3) is 0.867. The molecule has 0 heterocycles. The van der Waals surface area contributed by atoms with Gasteiger partial charge in [0.05, 0.1) is 0 Å². The number of rotatable bonds is 3. The SMILES string of the molecule is C/C(=N\NC(=O)C1CCC(Cl)CC1)C1CCCCC1. The minimum Gasteiger partial charge on any atom is -0.273 e. The molecule has 2 aliphatic carbocycles. The molecule has 0 radical (unpaired) electrons. The van der Waals surface area contributed by atoms with Crippen LogP contribution in [0.4, 0.5) is 0 Å². The van der Waals surface area contributed by atoms with E-state index in [-0.39, 0.29) is 17.2 Å². The van der Waals surface area contributed by atoms with Crippen molar-refractivity contribution in [3.8, 4) is 0 Å². The van der Waals surface area contributed by atoms with E-state index in [1.165, 1.54) is 32.1 Å². The predicted molar refractivity (Wildman–Crippen MR) is 79.4 cm³/mol.